The van der Waals surface area contributed by atoms with Gasteiger partial charge in [0.2, 0.25) is 12.2 Å². The van der Waals surface area contributed by atoms with Crippen molar-refractivity contribution in [2.24, 2.45) is 5.41 Å². The van der Waals surface area contributed by atoms with E-state index < -0.39 is 46.5 Å². The first kappa shape index (κ1) is 27.3. The number of hydrogen-bond donors (Lipinski definition) is 2. The Bertz CT molecular complexity index is 646. The molecule has 0 aromatic rings. The first-order valence-corrected chi connectivity index (χ1v) is 11.1. The Morgan fingerprint density at radius 3 is 2.31 bits per heavy atom. The van der Waals surface area contributed by atoms with Crippen LogP contribution in [-0.4, -0.2) is 62.7 Å². The quantitative estimate of drug-likeness (QED) is 0.174. The first-order valence-electron chi connectivity index (χ1n) is 9.50. The highest BCUT2D eigenvalue weighted by Gasteiger charge is 2.37. The fourth-order valence-electron chi connectivity index (χ4n) is 2.03. The second kappa shape index (κ2) is 12.8. The van der Waals surface area contributed by atoms with Crippen molar-refractivity contribution in [3.8, 4) is 0 Å². The number of amides is 1. The van der Waals surface area contributed by atoms with Crippen LogP contribution < -0.4 is 5.32 Å². The van der Waals surface area contributed by atoms with Crippen LogP contribution >= 0.6 is 0 Å². The van der Waals surface area contributed by atoms with Crippen LogP contribution in [0.4, 0.5) is 0 Å². The zero-order valence-electron chi connectivity index (χ0n) is 17.7. The summed E-state index contributed by atoms with van der Waals surface area (Å²) in [6.07, 6.45) is -1.07. The number of carbonyl (C=O) groups is 3. The number of carbonyl (C=O) groups excluding carboxylic acids is 3. The number of nitrogens with one attached hydrogen (secondary N) is 1. The van der Waals surface area contributed by atoms with E-state index in [1.807, 2.05) is 6.92 Å². The van der Waals surface area contributed by atoms with Crippen molar-refractivity contribution in [3.63, 3.8) is 0 Å². The molecule has 10 nitrogen and oxygen atoms in total. The van der Waals surface area contributed by atoms with Gasteiger partial charge in [-0.2, -0.15) is 8.42 Å². The predicted molar refractivity (Wildman–Crippen MR) is 104 cm³/mol. The van der Waals surface area contributed by atoms with Crippen LogP contribution in [0.3, 0.4) is 0 Å². The Morgan fingerprint density at radius 2 is 1.76 bits per heavy atom. The van der Waals surface area contributed by atoms with Crippen LogP contribution in [-0.2, 0) is 38.2 Å². The Hall–Kier alpha value is -1.72. The van der Waals surface area contributed by atoms with Crippen LogP contribution in [0.2, 0.25) is 0 Å². The van der Waals surface area contributed by atoms with Crippen molar-refractivity contribution in [2.45, 2.75) is 72.7 Å². The fourth-order valence-corrected chi connectivity index (χ4v) is 3.13. The molecule has 0 bridgehead atoms. The molecule has 0 fully saturated rings. The average molecular weight is 440 g/mol. The van der Waals surface area contributed by atoms with Gasteiger partial charge in [0.25, 0.3) is 10.1 Å². The van der Waals surface area contributed by atoms with Crippen molar-refractivity contribution in [1.82, 2.24) is 5.32 Å². The molecule has 0 rings (SSSR count). The summed E-state index contributed by atoms with van der Waals surface area (Å²) in [4.78, 5) is 34.4. The number of rotatable bonds is 14. The molecule has 0 aliphatic heterocycles. The maximum absolute atomic E-state index is 12.1. The Morgan fingerprint density at radius 1 is 1.14 bits per heavy atom. The van der Waals surface area contributed by atoms with E-state index in [4.69, 9.17) is 13.7 Å². The monoisotopic (exact) mass is 439 g/mol. The SMILES string of the molecule is CCCCC(=O)OC(C)OC(=O)[C@H](O)C(C)(C)COS(=O)(=O)CCCNC(C)=O. The van der Waals surface area contributed by atoms with Gasteiger partial charge in [0.15, 0.2) is 6.10 Å². The highest BCUT2D eigenvalue weighted by molar-refractivity contribution is 7.86. The lowest BCUT2D eigenvalue weighted by atomic mass is 9.88. The van der Waals surface area contributed by atoms with Crippen molar-refractivity contribution < 1.29 is 41.6 Å². The van der Waals surface area contributed by atoms with Gasteiger partial charge in [-0.15, -0.1) is 0 Å². The Labute approximate surface area is 172 Å². The third kappa shape index (κ3) is 12.4. The molecule has 29 heavy (non-hydrogen) atoms. The van der Waals surface area contributed by atoms with Crippen molar-refractivity contribution in [3.05, 3.63) is 0 Å². The third-order valence-corrected chi connectivity index (χ3v) is 5.10. The molecule has 0 aliphatic carbocycles. The molecule has 0 heterocycles. The van der Waals surface area contributed by atoms with Gasteiger partial charge < -0.3 is 19.9 Å². The van der Waals surface area contributed by atoms with E-state index in [1.54, 1.807) is 0 Å². The Balaban J connectivity index is 4.53. The van der Waals surface area contributed by atoms with Crippen molar-refractivity contribution >= 4 is 28.0 Å². The van der Waals surface area contributed by atoms with Crippen LogP contribution in [0, 0.1) is 5.41 Å². The van der Waals surface area contributed by atoms with E-state index >= 15 is 0 Å². The van der Waals surface area contributed by atoms with E-state index in [1.165, 1.54) is 27.7 Å². The number of aliphatic hydroxyl groups is 1. The lowest BCUT2D eigenvalue weighted by Crippen LogP contribution is -2.43. The minimum absolute atomic E-state index is 0.161. The van der Waals surface area contributed by atoms with Gasteiger partial charge in [0, 0.05) is 32.2 Å². The van der Waals surface area contributed by atoms with Crippen LogP contribution in [0.15, 0.2) is 0 Å². The van der Waals surface area contributed by atoms with E-state index in [-0.39, 0.29) is 31.0 Å². The summed E-state index contributed by atoms with van der Waals surface area (Å²) in [5, 5.41) is 12.7. The summed E-state index contributed by atoms with van der Waals surface area (Å²) in [5.74, 6) is -2.17. The smallest absolute Gasteiger partial charge is 0.338 e. The number of ether oxygens (including phenoxy) is 2. The summed E-state index contributed by atoms with van der Waals surface area (Å²) < 4.78 is 38.5. The molecule has 0 aliphatic rings. The first-order chi connectivity index (χ1) is 13.3. The number of hydrogen-bond acceptors (Lipinski definition) is 9. The molecule has 0 saturated carbocycles. The van der Waals surface area contributed by atoms with Gasteiger partial charge >= 0.3 is 11.9 Å². The summed E-state index contributed by atoms with van der Waals surface area (Å²) in [6, 6.07) is 0. The van der Waals surface area contributed by atoms with Crippen LogP contribution in [0.1, 0.15) is 60.3 Å². The maximum atomic E-state index is 12.1. The van der Waals surface area contributed by atoms with Crippen LogP contribution in [0.5, 0.6) is 0 Å². The summed E-state index contributed by atoms with van der Waals surface area (Å²) in [6.45, 7) is 7.17. The second-order valence-electron chi connectivity index (χ2n) is 7.35. The fraction of sp³-hybridized carbons (Fsp3) is 0.833. The highest BCUT2D eigenvalue weighted by Crippen LogP contribution is 2.24. The second-order valence-corrected chi connectivity index (χ2v) is 9.11. The topological polar surface area (TPSA) is 145 Å². The number of aliphatic hydroxyl groups excluding tert-OH is 1. The highest BCUT2D eigenvalue weighted by atomic mass is 32.2. The van der Waals surface area contributed by atoms with Gasteiger partial charge in [0.05, 0.1) is 12.4 Å². The molecule has 0 saturated heterocycles. The lowest BCUT2D eigenvalue weighted by Gasteiger charge is -2.29. The molecule has 0 aromatic heterocycles. The zero-order chi connectivity index (χ0) is 22.7. The largest absolute Gasteiger partial charge is 0.425 e. The zero-order valence-corrected chi connectivity index (χ0v) is 18.5. The molecule has 2 atom stereocenters. The molecule has 0 aromatic carbocycles. The average Bonchev–Trinajstić information content (AvgIpc) is 2.61. The molecule has 11 heteroatoms. The third-order valence-electron chi connectivity index (χ3n) is 3.83. The van der Waals surface area contributed by atoms with E-state index in [2.05, 4.69) is 5.32 Å². The van der Waals surface area contributed by atoms with Crippen molar-refractivity contribution in [1.29, 1.82) is 0 Å². The minimum atomic E-state index is -3.90. The molecule has 1 unspecified atom stereocenters. The minimum Gasteiger partial charge on any atom is -0.425 e. The summed E-state index contributed by atoms with van der Waals surface area (Å²) in [7, 11) is -3.90. The van der Waals surface area contributed by atoms with Crippen LogP contribution in [0.25, 0.3) is 0 Å². The van der Waals surface area contributed by atoms with Crippen molar-refractivity contribution in [2.75, 3.05) is 18.9 Å². The van der Waals surface area contributed by atoms with E-state index in [9.17, 15) is 27.9 Å². The standard InChI is InChI=1S/C18H33NO9S/c1-6-7-9-15(21)27-14(3)28-17(23)16(22)18(4,5)12-26-29(24,25)11-8-10-19-13(2)20/h14,16,22H,6-12H2,1-5H3,(H,19,20)/t14?,16-/m0/s1. The molecule has 1 amide bonds. The summed E-state index contributed by atoms with van der Waals surface area (Å²) >= 11 is 0. The van der Waals surface area contributed by atoms with E-state index in [0.29, 0.717) is 6.42 Å². The molecule has 0 radical (unpaired) electrons. The van der Waals surface area contributed by atoms with Gasteiger partial charge in [-0.1, -0.05) is 27.2 Å². The molecular weight excluding hydrogens is 406 g/mol. The maximum Gasteiger partial charge on any atom is 0.338 e. The predicted octanol–water partition coefficient (Wildman–Crippen LogP) is 0.869. The molecule has 170 valence electrons. The summed E-state index contributed by atoms with van der Waals surface area (Å²) in [5.41, 5.74) is -1.28. The molecular formula is C18H33NO9S. The van der Waals surface area contributed by atoms with Gasteiger partial charge in [-0.3, -0.25) is 13.8 Å². The number of unbranched alkanes of at least 4 members (excludes halogenated alkanes) is 1. The van der Waals surface area contributed by atoms with Gasteiger partial charge in [0.1, 0.15) is 0 Å². The van der Waals surface area contributed by atoms with E-state index in [0.717, 1.165) is 6.42 Å². The van der Waals surface area contributed by atoms with Gasteiger partial charge in [-0.05, 0) is 12.8 Å². The molecule has 2 N–H and O–H groups in total. The Kier molecular flexibility index (Phi) is 12.0. The lowest BCUT2D eigenvalue weighted by molar-refractivity contribution is -0.195. The van der Waals surface area contributed by atoms with Gasteiger partial charge in [-0.25, -0.2) is 4.79 Å². The molecule has 0 spiro atoms. The number of esters is 2. The normalized spacial score (nSPS) is 14.0.